The minimum absolute atomic E-state index is 0.0371. The zero-order valence-electron chi connectivity index (χ0n) is 22.8. The van der Waals surface area contributed by atoms with Crippen LogP contribution in [0.3, 0.4) is 0 Å². The standard InChI is InChI=1S/C26H29F4N7O3S/c1-25(2,3)37-12-14(10-32-37)24(38)31-11-19-34-23(35-40-19)21-22(41-26(28,29)30)15-6-5-7-18(20(15)39-21)33-17-8-9-36(4)13-16(17)27/h5-7,10,12,16-17,33H,8-9,11,13H2,1-4H3,(H,31,38)/t16-,17+/m0/s1. The van der Waals surface area contributed by atoms with E-state index in [4.69, 9.17) is 8.94 Å². The fourth-order valence-electron chi connectivity index (χ4n) is 4.48. The smallest absolute Gasteiger partial charge is 0.446 e. The molecule has 1 fully saturated rings. The molecule has 4 heterocycles. The highest BCUT2D eigenvalue weighted by molar-refractivity contribution is 8.00. The molecule has 1 saturated heterocycles. The predicted molar refractivity (Wildman–Crippen MR) is 144 cm³/mol. The maximum absolute atomic E-state index is 14.7. The van der Waals surface area contributed by atoms with Gasteiger partial charge in [-0.1, -0.05) is 11.2 Å². The van der Waals surface area contributed by atoms with E-state index in [1.54, 1.807) is 23.0 Å². The number of aromatic nitrogens is 4. The number of hydrogen-bond acceptors (Lipinski definition) is 9. The lowest BCUT2D eigenvalue weighted by Crippen LogP contribution is -2.46. The van der Waals surface area contributed by atoms with Crippen molar-refractivity contribution >= 4 is 34.3 Å². The molecular weight excluding hydrogens is 566 g/mol. The van der Waals surface area contributed by atoms with Gasteiger partial charge >= 0.3 is 5.51 Å². The van der Waals surface area contributed by atoms with Crippen molar-refractivity contribution in [3.8, 4) is 11.6 Å². The van der Waals surface area contributed by atoms with Crippen LogP contribution in [0.5, 0.6) is 0 Å². The molecule has 41 heavy (non-hydrogen) atoms. The van der Waals surface area contributed by atoms with Crippen LogP contribution < -0.4 is 10.6 Å². The highest BCUT2D eigenvalue weighted by Crippen LogP contribution is 2.48. The number of amides is 1. The number of likely N-dealkylation sites (tertiary alicyclic amines) is 1. The Kier molecular flexibility index (Phi) is 7.76. The molecule has 1 amide bonds. The van der Waals surface area contributed by atoms with Crippen LogP contribution in [0.1, 0.15) is 43.4 Å². The molecule has 1 aliphatic rings. The van der Waals surface area contributed by atoms with E-state index in [2.05, 4.69) is 25.9 Å². The van der Waals surface area contributed by atoms with Gasteiger partial charge in [0.2, 0.25) is 11.7 Å². The van der Waals surface area contributed by atoms with Gasteiger partial charge in [-0.3, -0.25) is 9.48 Å². The number of hydrogen-bond donors (Lipinski definition) is 2. The van der Waals surface area contributed by atoms with Gasteiger partial charge < -0.3 is 24.5 Å². The lowest BCUT2D eigenvalue weighted by molar-refractivity contribution is -0.0327. The largest absolute Gasteiger partial charge is 0.449 e. The number of benzene rings is 1. The Bertz CT molecular complexity index is 1540. The molecule has 3 aromatic heterocycles. The molecule has 10 nitrogen and oxygen atoms in total. The summed E-state index contributed by atoms with van der Waals surface area (Å²) in [4.78, 5) is 18.4. The fraction of sp³-hybridized carbons (Fsp3) is 0.462. The monoisotopic (exact) mass is 595 g/mol. The summed E-state index contributed by atoms with van der Waals surface area (Å²) in [6.07, 6.45) is 2.38. The topological polar surface area (TPSA) is 114 Å². The third kappa shape index (κ3) is 6.50. The van der Waals surface area contributed by atoms with Crippen molar-refractivity contribution in [3.63, 3.8) is 0 Å². The normalized spacial score (nSPS) is 18.6. The van der Waals surface area contributed by atoms with Crippen molar-refractivity contribution in [3.05, 3.63) is 42.0 Å². The van der Waals surface area contributed by atoms with Crippen molar-refractivity contribution in [1.29, 1.82) is 0 Å². The number of nitrogens with zero attached hydrogens (tertiary/aromatic N) is 5. The zero-order valence-corrected chi connectivity index (χ0v) is 23.6. The van der Waals surface area contributed by atoms with E-state index in [9.17, 15) is 22.4 Å². The number of piperidine rings is 1. The number of thioether (sulfide) groups is 1. The molecule has 4 aromatic rings. The first-order valence-electron chi connectivity index (χ1n) is 12.8. The number of fused-ring (bicyclic) bond motifs is 1. The summed E-state index contributed by atoms with van der Waals surface area (Å²) in [5, 5.41) is 13.9. The molecule has 15 heteroatoms. The summed E-state index contributed by atoms with van der Waals surface area (Å²) in [6.45, 7) is 6.57. The van der Waals surface area contributed by atoms with Gasteiger partial charge in [-0.25, -0.2) is 4.39 Å². The molecule has 0 unspecified atom stereocenters. The van der Waals surface area contributed by atoms with E-state index in [-0.39, 0.29) is 63.7 Å². The molecule has 0 bridgehead atoms. The van der Waals surface area contributed by atoms with Crippen molar-refractivity contribution in [2.45, 2.75) is 61.9 Å². The molecule has 220 valence electrons. The molecule has 2 N–H and O–H groups in total. The lowest BCUT2D eigenvalue weighted by atomic mass is 10.0. The maximum Gasteiger partial charge on any atom is 0.446 e. The van der Waals surface area contributed by atoms with Gasteiger partial charge in [0.25, 0.3) is 5.91 Å². The average Bonchev–Trinajstić information content (AvgIpc) is 3.63. The Morgan fingerprint density at radius 2 is 2.02 bits per heavy atom. The summed E-state index contributed by atoms with van der Waals surface area (Å²) in [5.74, 6) is -0.936. The van der Waals surface area contributed by atoms with Crippen molar-refractivity contribution in [2.24, 2.45) is 0 Å². The second-order valence-electron chi connectivity index (χ2n) is 10.8. The number of carbonyl (C=O) groups excluding carboxylic acids is 1. The molecule has 5 rings (SSSR count). The van der Waals surface area contributed by atoms with Gasteiger partial charge in [0.15, 0.2) is 11.3 Å². The van der Waals surface area contributed by atoms with Crippen molar-refractivity contribution < 1.29 is 31.3 Å². The summed E-state index contributed by atoms with van der Waals surface area (Å²) in [7, 11) is 1.83. The third-order valence-electron chi connectivity index (χ3n) is 6.58. The first kappa shape index (κ1) is 28.9. The molecule has 0 saturated carbocycles. The number of anilines is 1. The quantitative estimate of drug-likeness (QED) is 0.213. The minimum Gasteiger partial charge on any atom is -0.449 e. The Hall–Kier alpha value is -3.59. The van der Waals surface area contributed by atoms with Crippen LogP contribution in [0, 0.1) is 0 Å². The van der Waals surface area contributed by atoms with E-state index < -0.39 is 23.6 Å². The summed E-state index contributed by atoms with van der Waals surface area (Å²) in [6, 6.07) is 4.16. The Morgan fingerprint density at radius 3 is 2.71 bits per heavy atom. The minimum atomic E-state index is -4.63. The number of alkyl halides is 4. The molecule has 0 radical (unpaired) electrons. The highest BCUT2D eigenvalue weighted by Gasteiger charge is 2.36. The number of para-hydroxylation sites is 1. The van der Waals surface area contributed by atoms with Crippen LogP contribution in [0.2, 0.25) is 0 Å². The van der Waals surface area contributed by atoms with Crippen molar-refractivity contribution in [2.75, 3.05) is 25.5 Å². The van der Waals surface area contributed by atoms with Crippen LogP contribution in [0.4, 0.5) is 23.2 Å². The fourth-order valence-corrected chi connectivity index (χ4v) is 5.20. The molecule has 2 atom stereocenters. The Labute approximate surface area is 236 Å². The van der Waals surface area contributed by atoms with Gasteiger partial charge in [0, 0.05) is 24.7 Å². The number of nitrogens with one attached hydrogen (secondary N) is 2. The molecule has 1 aliphatic heterocycles. The van der Waals surface area contributed by atoms with Crippen molar-refractivity contribution in [1.82, 2.24) is 30.1 Å². The first-order valence-corrected chi connectivity index (χ1v) is 13.7. The Morgan fingerprint density at radius 1 is 1.24 bits per heavy atom. The van der Waals surface area contributed by atoms with E-state index in [1.165, 1.54) is 12.3 Å². The third-order valence-corrected chi connectivity index (χ3v) is 7.42. The van der Waals surface area contributed by atoms with E-state index >= 15 is 0 Å². The number of furan rings is 1. The summed E-state index contributed by atoms with van der Waals surface area (Å²) in [5.41, 5.74) is -4.14. The van der Waals surface area contributed by atoms with E-state index in [0.29, 0.717) is 24.2 Å². The molecule has 0 aliphatic carbocycles. The van der Waals surface area contributed by atoms with E-state index in [1.807, 2.05) is 32.7 Å². The van der Waals surface area contributed by atoms with Crippen LogP contribution >= 0.6 is 11.8 Å². The lowest BCUT2D eigenvalue weighted by Gasteiger charge is -2.33. The first-order chi connectivity index (χ1) is 19.3. The second-order valence-corrected chi connectivity index (χ2v) is 11.9. The Balaban J connectivity index is 1.40. The zero-order chi connectivity index (χ0) is 29.5. The number of halogens is 4. The average molecular weight is 596 g/mol. The second kappa shape index (κ2) is 11.0. The van der Waals surface area contributed by atoms with Crippen LogP contribution in [-0.4, -0.2) is 68.6 Å². The van der Waals surface area contributed by atoms with Crippen LogP contribution in [0.15, 0.2) is 44.4 Å². The molecule has 0 spiro atoms. The van der Waals surface area contributed by atoms with Crippen LogP contribution in [-0.2, 0) is 12.1 Å². The predicted octanol–water partition coefficient (Wildman–Crippen LogP) is 5.43. The molecular formula is C26H29F4N7O3S. The van der Waals surface area contributed by atoms with Gasteiger partial charge in [0.05, 0.1) is 40.5 Å². The van der Waals surface area contributed by atoms with Gasteiger partial charge in [-0.2, -0.15) is 23.3 Å². The number of carbonyl (C=O) groups is 1. The van der Waals surface area contributed by atoms with Gasteiger partial charge in [-0.05, 0) is 58.1 Å². The molecule has 1 aromatic carbocycles. The van der Waals surface area contributed by atoms with Gasteiger partial charge in [0.1, 0.15) is 6.17 Å². The van der Waals surface area contributed by atoms with Gasteiger partial charge in [-0.15, -0.1) is 0 Å². The summed E-state index contributed by atoms with van der Waals surface area (Å²) < 4.78 is 68.2. The number of rotatable bonds is 7. The summed E-state index contributed by atoms with van der Waals surface area (Å²) >= 11 is -0.360. The maximum atomic E-state index is 14.7. The van der Waals surface area contributed by atoms with Crippen LogP contribution in [0.25, 0.3) is 22.6 Å². The highest BCUT2D eigenvalue weighted by atomic mass is 32.2. The SMILES string of the molecule is CN1CC[C@@H](Nc2cccc3c(SC(F)(F)F)c(-c4noc(CNC(=O)c5cnn(C(C)(C)C)c5)n4)oc23)[C@@H](F)C1. The van der Waals surface area contributed by atoms with E-state index in [0.717, 1.165) is 0 Å².